The molecule has 0 aliphatic heterocycles. The number of aliphatic hydroxyl groups excluding tert-OH is 1. The number of hydrogen-bond donors (Lipinski definition) is 12. The van der Waals surface area contributed by atoms with Gasteiger partial charge in [0, 0.05) is 57.1 Å². The molecular formula is C110H113Cl4N5O19. The van der Waals surface area contributed by atoms with Crippen molar-refractivity contribution in [2.45, 2.75) is 164 Å². The van der Waals surface area contributed by atoms with E-state index in [1.165, 1.54) is 107 Å². The third-order valence-corrected chi connectivity index (χ3v) is 22.6. The van der Waals surface area contributed by atoms with E-state index in [1.807, 2.05) is 121 Å². The van der Waals surface area contributed by atoms with Crippen molar-refractivity contribution in [3.8, 4) is 0 Å². The van der Waals surface area contributed by atoms with Crippen LogP contribution in [0, 0.1) is 13.8 Å². The van der Waals surface area contributed by atoms with Crippen LogP contribution in [0.25, 0.3) is 0 Å². The number of unbranched alkanes of at least 4 members (excludes halogenated alkanes) is 5. The molecule has 138 heavy (non-hydrogen) atoms. The van der Waals surface area contributed by atoms with Crippen molar-refractivity contribution in [1.82, 2.24) is 0 Å². The Hall–Kier alpha value is -14.4. The van der Waals surface area contributed by atoms with Crippen molar-refractivity contribution in [3.63, 3.8) is 0 Å². The maximum atomic E-state index is 12.5. The van der Waals surface area contributed by atoms with Crippen LogP contribution in [0.1, 0.15) is 280 Å². The quantitative estimate of drug-likeness (QED) is 0.0161. The number of ketones is 1. The monoisotopic (exact) mass is 1950 g/mol. The van der Waals surface area contributed by atoms with Gasteiger partial charge in [0.2, 0.25) is 0 Å². The van der Waals surface area contributed by atoms with E-state index >= 15 is 0 Å². The van der Waals surface area contributed by atoms with Crippen LogP contribution in [0.3, 0.4) is 0 Å². The number of aryl methyl sites for hydroxylation is 8. The van der Waals surface area contributed by atoms with E-state index in [2.05, 4.69) is 61.2 Å². The number of Topliss-reactive ketones (excluding diaryl/α,β-unsaturated/α-hetero) is 1. The topological polar surface area (TPSA) is 407 Å². The highest BCUT2D eigenvalue weighted by molar-refractivity contribution is 6.36. The Kier molecular flexibility index (Phi) is 46.1. The van der Waals surface area contributed by atoms with E-state index in [0.717, 1.165) is 119 Å². The van der Waals surface area contributed by atoms with Crippen LogP contribution in [0.5, 0.6) is 0 Å². The number of carbonyl (C=O) groups is 12. The molecule has 0 radical (unpaired) electrons. The zero-order valence-corrected chi connectivity index (χ0v) is 80.7. The van der Waals surface area contributed by atoms with E-state index in [4.69, 9.17) is 56.6 Å². The second-order valence-corrected chi connectivity index (χ2v) is 33.8. The van der Waals surface area contributed by atoms with E-state index < -0.39 is 65.4 Å². The second-order valence-electron chi connectivity index (χ2n) is 32.1. The average Bonchev–Trinajstić information content (AvgIpc) is 0.862. The number of amides is 5. The SMILES string of the molecule is CCCCc1ccc(CC(=O)c2cccc(C)c2C(=O)O)cc1.CCCCc1ccc(NC(=O)c2c(Cl)cccc2C(=O)O)cc1.CCCCc1ccc(NC(=O)c2cc(Cl)ccc2C(=O)O)cc1.CCCCc1ccc(NC(=O)c2ccc(Cl)cc2C(=O)O)cc1.CCCCc1ccc(NC(=O)c2cccc(Cl)c2C(=O)O)cc1.Cc1ccc(C(=O)Nc2ccc(CCCO)cc2)c(C(=O)O)c1. The highest BCUT2D eigenvalue weighted by atomic mass is 35.5. The summed E-state index contributed by atoms with van der Waals surface area (Å²) in [4.78, 5) is 142. The predicted molar refractivity (Wildman–Crippen MR) is 545 cm³/mol. The van der Waals surface area contributed by atoms with Gasteiger partial charge in [-0.05, 0) is 269 Å². The Labute approximate surface area is 822 Å². The molecule has 12 N–H and O–H groups in total. The average molecular weight is 1950 g/mol. The molecule has 0 heterocycles. The van der Waals surface area contributed by atoms with Crippen LogP contribution in [-0.2, 0) is 44.9 Å². The number of nitrogens with one attached hydrogen (secondary N) is 5. The minimum absolute atomic E-state index is 0.0120. The Morgan fingerprint density at radius 3 is 0.906 bits per heavy atom. The lowest BCUT2D eigenvalue weighted by Crippen LogP contribution is -2.17. The molecule has 0 aliphatic carbocycles. The summed E-state index contributed by atoms with van der Waals surface area (Å²) < 4.78 is 0. The van der Waals surface area contributed by atoms with Gasteiger partial charge in [-0.15, -0.1) is 0 Å². The number of carbonyl (C=O) groups excluding carboxylic acids is 6. The van der Waals surface area contributed by atoms with E-state index in [0.29, 0.717) is 45.4 Å². The number of halogens is 4. The molecule has 0 saturated heterocycles. The van der Waals surface area contributed by atoms with Gasteiger partial charge >= 0.3 is 35.8 Å². The molecule has 0 spiro atoms. The molecule has 0 atom stereocenters. The normalized spacial score (nSPS) is 10.4. The van der Waals surface area contributed by atoms with Gasteiger partial charge in [-0.2, -0.15) is 0 Å². The molecule has 12 aromatic carbocycles. The Bertz CT molecular complexity index is 5840. The van der Waals surface area contributed by atoms with Crippen LogP contribution < -0.4 is 26.6 Å². The summed E-state index contributed by atoms with van der Waals surface area (Å²) in [5, 5.41) is 78.4. The van der Waals surface area contributed by atoms with Crippen molar-refractivity contribution >= 4 is 146 Å². The zero-order chi connectivity index (χ0) is 101. The number of rotatable bonds is 37. The summed E-state index contributed by atoms with van der Waals surface area (Å²) in [6.45, 7) is 14.3. The van der Waals surface area contributed by atoms with Gasteiger partial charge in [-0.25, -0.2) is 28.8 Å². The smallest absolute Gasteiger partial charge is 0.338 e. The number of benzene rings is 12. The fraction of sp³-hybridized carbons (Fsp3) is 0.236. The maximum absolute atomic E-state index is 12.5. The van der Waals surface area contributed by atoms with Crippen LogP contribution in [0.2, 0.25) is 20.1 Å². The number of anilines is 5. The van der Waals surface area contributed by atoms with Gasteiger partial charge in [0.05, 0.1) is 71.2 Å². The molecule has 24 nitrogen and oxygen atoms in total. The summed E-state index contributed by atoms with van der Waals surface area (Å²) in [7, 11) is 0. The fourth-order valence-electron chi connectivity index (χ4n) is 13.9. The Morgan fingerprint density at radius 2 is 0.543 bits per heavy atom. The molecule has 12 aromatic rings. The van der Waals surface area contributed by atoms with Gasteiger partial charge in [-0.3, -0.25) is 28.8 Å². The first-order valence-corrected chi connectivity index (χ1v) is 46.6. The van der Waals surface area contributed by atoms with Crippen LogP contribution in [-0.4, -0.2) is 113 Å². The molecule has 0 unspecified atom stereocenters. The molecule has 720 valence electrons. The predicted octanol–water partition coefficient (Wildman–Crippen LogP) is 25.9. The second kappa shape index (κ2) is 57.5. The van der Waals surface area contributed by atoms with Crippen LogP contribution in [0.15, 0.2) is 255 Å². The first kappa shape index (κ1) is 111. The number of carboxylic acid groups (broad SMARTS) is 6. The fourth-order valence-corrected chi connectivity index (χ4v) is 14.8. The highest BCUT2D eigenvalue weighted by Crippen LogP contribution is 2.29. The summed E-state index contributed by atoms with van der Waals surface area (Å²) >= 11 is 23.5. The van der Waals surface area contributed by atoms with Crippen LogP contribution in [0.4, 0.5) is 28.4 Å². The lowest BCUT2D eigenvalue weighted by molar-refractivity contribution is 0.0682. The standard InChI is InChI=1S/C20H22O3.4C18H18ClNO3.C18H19NO4/c1-3-4-7-15-9-11-16(12-10-15)13-18(21)17-8-5-6-14(2)19(17)20(22)23;1-2-3-5-12-8-10-13(11-9-12)20-17(21)16-14(18(22)23)6-4-7-15(16)19;1-2-3-5-12-8-10-13(11-9-12)20-17(21)14-6-4-7-15(19)16(14)18(22)23;1-2-3-4-12-5-8-14(9-6-12)20-17(21)16-11-13(19)7-10-15(16)18(22)23;1-2-3-4-12-5-8-14(9-6-12)20-17(21)15-10-7-13(19)11-16(15)18(22)23;1-12-4-9-15(16(11-12)18(22)23)17(21)19-14-7-5-13(6-8-14)3-2-10-20/h5-6,8-12H,3-4,7,13H2,1-2H3,(H,22,23);2*4,6-11H,2-3,5H2,1H3,(H,20,21)(H,22,23);2*5-11H,2-4H2,1H3,(H,20,21)(H,22,23);4-9,11,20H,2-3,10H2,1H3,(H,19,21)(H,22,23). The summed E-state index contributed by atoms with van der Waals surface area (Å²) in [6, 6.07) is 72.3. The van der Waals surface area contributed by atoms with Gasteiger partial charge in [0.15, 0.2) is 5.78 Å². The molecule has 12 rings (SSSR count). The minimum Gasteiger partial charge on any atom is -0.478 e. The highest BCUT2D eigenvalue weighted by Gasteiger charge is 2.26. The maximum Gasteiger partial charge on any atom is 0.338 e. The van der Waals surface area contributed by atoms with Gasteiger partial charge < -0.3 is 62.3 Å². The Morgan fingerprint density at radius 1 is 0.254 bits per heavy atom. The Balaban J connectivity index is 0.000000225. The number of hydrogen-bond acceptors (Lipinski definition) is 13. The minimum atomic E-state index is -1.23. The molecule has 0 bridgehead atoms. The van der Waals surface area contributed by atoms with E-state index in [1.54, 1.807) is 68.4 Å². The van der Waals surface area contributed by atoms with Crippen molar-refractivity contribution in [3.05, 3.63) is 392 Å². The van der Waals surface area contributed by atoms with Crippen LogP contribution >= 0.6 is 46.4 Å². The van der Waals surface area contributed by atoms with Crippen molar-refractivity contribution < 1.29 is 93.3 Å². The molecular weight excluding hydrogens is 1840 g/mol. The molecule has 28 heteroatoms. The third kappa shape index (κ3) is 35.7. The summed E-state index contributed by atoms with van der Waals surface area (Å²) in [6.07, 6.45) is 18.1. The zero-order valence-electron chi connectivity index (χ0n) is 77.7. The van der Waals surface area contributed by atoms with Gasteiger partial charge in [0.25, 0.3) is 29.5 Å². The number of carboxylic acids is 6. The van der Waals surface area contributed by atoms with E-state index in [9.17, 15) is 83.1 Å². The largest absolute Gasteiger partial charge is 0.478 e. The first-order valence-electron chi connectivity index (χ1n) is 45.1. The summed E-state index contributed by atoms with van der Waals surface area (Å²) in [5.74, 6) is -9.55. The lowest BCUT2D eigenvalue weighted by Gasteiger charge is -2.10. The van der Waals surface area contributed by atoms with E-state index in [-0.39, 0.29) is 101 Å². The van der Waals surface area contributed by atoms with Crippen molar-refractivity contribution in [2.24, 2.45) is 0 Å². The van der Waals surface area contributed by atoms with Crippen molar-refractivity contribution in [1.29, 1.82) is 0 Å². The molecule has 0 aliphatic rings. The third-order valence-electron chi connectivity index (χ3n) is 21.5. The molecule has 5 amide bonds. The molecule has 0 fully saturated rings. The van der Waals surface area contributed by atoms with Crippen molar-refractivity contribution in [2.75, 3.05) is 33.2 Å². The van der Waals surface area contributed by atoms with Gasteiger partial charge in [-0.1, -0.05) is 240 Å². The molecule has 0 saturated carbocycles. The summed E-state index contributed by atoms with van der Waals surface area (Å²) in [5.41, 5.74) is 12.7. The molecule has 0 aromatic heterocycles. The van der Waals surface area contributed by atoms with Gasteiger partial charge in [0.1, 0.15) is 0 Å². The first-order chi connectivity index (χ1) is 66.1. The number of aromatic carboxylic acids is 6. The number of aliphatic hydroxyl groups is 1. The lowest BCUT2D eigenvalue weighted by atomic mass is 9.95.